The van der Waals surface area contributed by atoms with Crippen LogP contribution in [0.3, 0.4) is 0 Å². The van der Waals surface area contributed by atoms with Gasteiger partial charge in [0.25, 0.3) is 5.91 Å². The van der Waals surface area contributed by atoms with Crippen LogP contribution in [0.5, 0.6) is 0 Å². The number of hydrogen-bond donors (Lipinski definition) is 4. The Morgan fingerprint density at radius 3 is 2.74 bits per heavy atom. The van der Waals surface area contributed by atoms with Gasteiger partial charge in [0.05, 0.1) is 6.10 Å². The van der Waals surface area contributed by atoms with Gasteiger partial charge in [-0.3, -0.25) is 4.79 Å². The maximum Gasteiger partial charge on any atom is 0.326 e. The number of nitrogens with one attached hydrogen (secondary N) is 2. The van der Waals surface area contributed by atoms with Crippen LogP contribution in [0.15, 0.2) is 42.5 Å². The number of aliphatic hydroxyl groups is 1. The number of amides is 1. The molecule has 0 bridgehead atoms. The summed E-state index contributed by atoms with van der Waals surface area (Å²) in [5.41, 5.74) is 2.84. The largest absolute Gasteiger partial charge is 0.480 e. The molecular weight excluding hydrogens is 434 g/mol. The first-order valence-corrected chi connectivity index (χ1v) is 12.1. The topological polar surface area (TPSA) is 121 Å². The van der Waals surface area contributed by atoms with Gasteiger partial charge >= 0.3 is 5.97 Å². The highest BCUT2D eigenvalue weighted by molar-refractivity contribution is 5.86. The van der Waals surface area contributed by atoms with Crippen LogP contribution in [0.25, 0.3) is 0 Å². The minimum atomic E-state index is -1.41. The van der Waals surface area contributed by atoms with Crippen LogP contribution in [0.4, 0.5) is 5.82 Å². The van der Waals surface area contributed by atoms with Crippen molar-refractivity contribution in [1.82, 2.24) is 10.3 Å². The zero-order valence-electron chi connectivity index (χ0n) is 19.3. The summed E-state index contributed by atoms with van der Waals surface area (Å²) in [4.78, 5) is 28.6. The van der Waals surface area contributed by atoms with Gasteiger partial charge in [0.2, 0.25) is 0 Å². The summed E-state index contributed by atoms with van der Waals surface area (Å²) in [7, 11) is 0. The molecule has 1 fully saturated rings. The summed E-state index contributed by atoms with van der Waals surface area (Å²) < 4.78 is 5.84. The molecule has 8 nitrogen and oxygen atoms in total. The molecule has 2 aromatic rings. The molecule has 2 atom stereocenters. The number of pyridine rings is 1. The number of hydrogen-bond acceptors (Lipinski definition) is 6. The van der Waals surface area contributed by atoms with E-state index in [-0.39, 0.29) is 19.1 Å². The van der Waals surface area contributed by atoms with Gasteiger partial charge in [0.1, 0.15) is 11.9 Å². The minimum absolute atomic E-state index is 0.128. The fraction of sp³-hybridized carbons (Fsp3) is 0.500. The lowest BCUT2D eigenvalue weighted by molar-refractivity contribution is -0.144. The van der Waals surface area contributed by atoms with Crippen molar-refractivity contribution in [1.29, 1.82) is 0 Å². The van der Waals surface area contributed by atoms with E-state index in [4.69, 9.17) is 9.72 Å². The second kappa shape index (κ2) is 11.4. The fourth-order valence-corrected chi connectivity index (χ4v) is 4.55. The minimum Gasteiger partial charge on any atom is -0.480 e. The highest BCUT2D eigenvalue weighted by Crippen LogP contribution is 2.34. The lowest BCUT2D eigenvalue weighted by atomic mass is 9.79. The Balaban J connectivity index is 1.14. The van der Waals surface area contributed by atoms with Crippen molar-refractivity contribution in [2.45, 2.75) is 63.2 Å². The highest BCUT2D eigenvalue weighted by atomic mass is 16.5. The smallest absolute Gasteiger partial charge is 0.326 e. The molecular formula is C26H33N3O5. The summed E-state index contributed by atoms with van der Waals surface area (Å²) in [5.74, 6) is -0.245. The van der Waals surface area contributed by atoms with Crippen molar-refractivity contribution < 1.29 is 24.5 Å². The van der Waals surface area contributed by atoms with Gasteiger partial charge in [-0.25, -0.2) is 9.78 Å². The number of fused-ring (bicyclic) bond motifs is 1. The molecule has 1 amide bonds. The number of nitrogens with zero attached hydrogens (tertiary/aromatic N) is 1. The summed E-state index contributed by atoms with van der Waals surface area (Å²) in [6.45, 7) is 1.24. The average Bonchev–Trinajstić information content (AvgIpc) is 2.83. The van der Waals surface area contributed by atoms with Crippen LogP contribution in [0, 0.1) is 5.92 Å². The number of anilines is 1. The number of rotatable bonds is 11. The van der Waals surface area contributed by atoms with Crippen LogP contribution in [-0.2, 0) is 27.2 Å². The predicted octanol–water partition coefficient (Wildman–Crippen LogP) is 2.86. The first-order chi connectivity index (χ1) is 16.5. The van der Waals surface area contributed by atoms with Gasteiger partial charge in [-0.05, 0) is 61.6 Å². The van der Waals surface area contributed by atoms with Crippen LogP contribution >= 0.6 is 0 Å². The first-order valence-electron chi connectivity index (χ1n) is 12.1. The normalized spacial score (nSPS) is 20.9. The molecule has 0 unspecified atom stereocenters. The number of ether oxygens (including phenoxy) is 1. The Morgan fingerprint density at radius 2 is 1.97 bits per heavy atom. The molecule has 1 aliphatic carbocycles. The Morgan fingerprint density at radius 1 is 1.18 bits per heavy atom. The summed E-state index contributed by atoms with van der Waals surface area (Å²) in [6, 6.07) is 11.6. The molecule has 0 saturated heterocycles. The second-order valence-corrected chi connectivity index (χ2v) is 9.21. The van der Waals surface area contributed by atoms with Crippen LogP contribution in [-0.4, -0.2) is 52.4 Å². The average molecular weight is 468 g/mol. The highest BCUT2D eigenvalue weighted by Gasteiger charge is 2.30. The lowest BCUT2D eigenvalue weighted by Gasteiger charge is -2.35. The van der Waals surface area contributed by atoms with Gasteiger partial charge in [-0.1, -0.05) is 36.4 Å². The SMILES string of the molecule is O=C(O)[C@H](CCOC1CC(CCc2ccc3c(n2)NCCC3)C1)NC(=O)[C@@H](O)c1ccccc1. The van der Waals surface area contributed by atoms with E-state index < -0.39 is 24.0 Å². The van der Waals surface area contributed by atoms with Crippen molar-refractivity contribution in [3.8, 4) is 0 Å². The number of carbonyl (C=O) groups excluding carboxylic acids is 1. The van der Waals surface area contributed by atoms with Gasteiger partial charge in [-0.15, -0.1) is 0 Å². The molecule has 1 aromatic carbocycles. The number of carboxylic acids is 1. The molecule has 1 saturated carbocycles. The number of benzene rings is 1. The number of carboxylic acid groups (broad SMARTS) is 1. The molecule has 0 radical (unpaired) electrons. The van der Waals surface area contributed by atoms with Crippen LogP contribution in [0.1, 0.15) is 55.0 Å². The van der Waals surface area contributed by atoms with Gasteiger partial charge in [-0.2, -0.15) is 0 Å². The Labute approximate surface area is 199 Å². The third-order valence-corrected chi connectivity index (χ3v) is 6.69. The number of aliphatic carboxylic acids is 1. The van der Waals surface area contributed by atoms with Crippen molar-refractivity contribution in [3.63, 3.8) is 0 Å². The van der Waals surface area contributed by atoms with E-state index in [9.17, 15) is 19.8 Å². The summed E-state index contributed by atoms with van der Waals surface area (Å²) in [5, 5.41) is 25.4. The van der Waals surface area contributed by atoms with Crippen LogP contribution < -0.4 is 10.6 Å². The van der Waals surface area contributed by atoms with Crippen molar-refractivity contribution in [2.24, 2.45) is 5.92 Å². The van der Waals surface area contributed by atoms with E-state index in [1.807, 2.05) is 0 Å². The lowest BCUT2D eigenvalue weighted by Crippen LogP contribution is -2.44. The van der Waals surface area contributed by atoms with E-state index in [2.05, 4.69) is 22.8 Å². The van der Waals surface area contributed by atoms with Gasteiger partial charge in [0.15, 0.2) is 6.10 Å². The van der Waals surface area contributed by atoms with Gasteiger partial charge < -0.3 is 25.6 Å². The maximum absolute atomic E-state index is 12.3. The quantitative estimate of drug-likeness (QED) is 0.401. The molecule has 8 heteroatoms. The zero-order chi connectivity index (χ0) is 23.9. The third-order valence-electron chi connectivity index (χ3n) is 6.69. The molecule has 4 rings (SSSR count). The monoisotopic (exact) mass is 467 g/mol. The zero-order valence-corrected chi connectivity index (χ0v) is 19.3. The Bertz CT molecular complexity index is 978. The van der Waals surface area contributed by atoms with Crippen molar-refractivity contribution in [2.75, 3.05) is 18.5 Å². The molecule has 2 aliphatic rings. The van der Waals surface area contributed by atoms with E-state index >= 15 is 0 Å². The molecule has 182 valence electrons. The number of aryl methyl sites for hydroxylation is 2. The Hall–Kier alpha value is -2.97. The summed E-state index contributed by atoms with van der Waals surface area (Å²) in [6.07, 6.45) is 5.06. The number of aliphatic hydroxyl groups excluding tert-OH is 1. The molecule has 4 N–H and O–H groups in total. The van der Waals surface area contributed by atoms with E-state index in [0.29, 0.717) is 11.5 Å². The third kappa shape index (κ3) is 6.33. The number of carbonyl (C=O) groups is 2. The second-order valence-electron chi connectivity index (χ2n) is 9.21. The van der Waals surface area contributed by atoms with Crippen molar-refractivity contribution in [3.05, 3.63) is 59.3 Å². The van der Waals surface area contributed by atoms with Crippen LogP contribution in [0.2, 0.25) is 0 Å². The standard InChI is InChI=1S/C26H33N3O5/c30-23(18-5-2-1-3-6-18)25(31)29-22(26(32)33)12-14-34-21-15-17(16-21)8-10-20-11-9-19-7-4-13-27-24(19)28-20/h1-3,5-6,9,11,17,21-23,30H,4,7-8,10,12-16H2,(H,27,28)(H,29,31)(H,32,33)/t17?,21?,22-,23-/m0/s1. The molecule has 0 spiro atoms. The first kappa shape index (κ1) is 24.2. The molecule has 34 heavy (non-hydrogen) atoms. The molecule has 1 aromatic heterocycles. The fourth-order valence-electron chi connectivity index (χ4n) is 4.55. The van der Waals surface area contributed by atoms with Gasteiger partial charge in [0, 0.05) is 25.3 Å². The summed E-state index contributed by atoms with van der Waals surface area (Å²) >= 11 is 0. The maximum atomic E-state index is 12.3. The Kier molecular flexibility index (Phi) is 8.13. The van der Waals surface area contributed by atoms with E-state index in [1.54, 1.807) is 30.3 Å². The molecule has 1 aliphatic heterocycles. The predicted molar refractivity (Wildman–Crippen MR) is 127 cm³/mol. The molecule has 2 heterocycles. The number of aromatic nitrogens is 1. The van der Waals surface area contributed by atoms with E-state index in [0.717, 1.165) is 56.6 Å². The van der Waals surface area contributed by atoms with E-state index in [1.165, 1.54) is 5.56 Å². The van der Waals surface area contributed by atoms with Crippen molar-refractivity contribution >= 4 is 17.7 Å².